The molecule has 1 saturated carbocycles. The summed E-state index contributed by atoms with van der Waals surface area (Å²) in [6.45, 7) is 6.91. The molecule has 64 valence electrons. The van der Waals surface area contributed by atoms with Crippen LogP contribution in [0.25, 0.3) is 0 Å². The van der Waals surface area contributed by atoms with Gasteiger partial charge in [0, 0.05) is 0 Å². The summed E-state index contributed by atoms with van der Waals surface area (Å²) >= 11 is 0. The Kier molecular flexibility index (Phi) is 3.16. The Morgan fingerprint density at radius 3 is 2.64 bits per heavy atom. The molecule has 0 spiro atoms. The SMILES string of the molecule is CC(C)/C=C1/CCCCC1C. The summed E-state index contributed by atoms with van der Waals surface area (Å²) < 4.78 is 0. The second-order valence-electron chi connectivity index (χ2n) is 4.13. The zero-order chi connectivity index (χ0) is 8.27. The van der Waals surface area contributed by atoms with E-state index in [1.54, 1.807) is 5.57 Å². The van der Waals surface area contributed by atoms with E-state index in [9.17, 15) is 0 Å². The van der Waals surface area contributed by atoms with Gasteiger partial charge in [-0.2, -0.15) is 0 Å². The molecule has 0 aromatic rings. The van der Waals surface area contributed by atoms with Gasteiger partial charge in [0.25, 0.3) is 0 Å². The monoisotopic (exact) mass is 152 g/mol. The highest BCUT2D eigenvalue weighted by atomic mass is 14.2. The van der Waals surface area contributed by atoms with E-state index in [0.717, 1.165) is 11.8 Å². The van der Waals surface area contributed by atoms with Crippen LogP contribution in [0, 0.1) is 11.8 Å². The van der Waals surface area contributed by atoms with Crippen LogP contribution in [0.1, 0.15) is 46.5 Å². The molecule has 0 N–H and O–H groups in total. The van der Waals surface area contributed by atoms with E-state index in [4.69, 9.17) is 0 Å². The van der Waals surface area contributed by atoms with E-state index in [2.05, 4.69) is 26.8 Å². The molecule has 1 rings (SSSR count). The van der Waals surface area contributed by atoms with Crippen molar-refractivity contribution in [3.05, 3.63) is 11.6 Å². The van der Waals surface area contributed by atoms with Gasteiger partial charge < -0.3 is 0 Å². The van der Waals surface area contributed by atoms with Crippen LogP contribution in [0.5, 0.6) is 0 Å². The fraction of sp³-hybridized carbons (Fsp3) is 0.818. The lowest BCUT2D eigenvalue weighted by molar-refractivity contribution is 0.478. The number of rotatable bonds is 1. The molecule has 0 aromatic carbocycles. The summed E-state index contributed by atoms with van der Waals surface area (Å²) in [5.41, 5.74) is 1.71. The van der Waals surface area contributed by atoms with Crippen molar-refractivity contribution in [3.63, 3.8) is 0 Å². The molecule has 11 heavy (non-hydrogen) atoms. The van der Waals surface area contributed by atoms with Gasteiger partial charge in [-0.25, -0.2) is 0 Å². The first-order valence-corrected chi connectivity index (χ1v) is 4.90. The topological polar surface area (TPSA) is 0 Å². The minimum Gasteiger partial charge on any atom is -0.0825 e. The van der Waals surface area contributed by atoms with Crippen molar-refractivity contribution in [1.82, 2.24) is 0 Å². The predicted octanol–water partition coefficient (Wildman–Crippen LogP) is 3.78. The van der Waals surface area contributed by atoms with Crippen molar-refractivity contribution in [2.75, 3.05) is 0 Å². The molecule has 1 atom stereocenters. The lowest BCUT2D eigenvalue weighted by Gasteiger charge is -2.22. The van der Waals surface area contributed by atoms with Crippen LogP contribution in [0.15, 0.2) is 11.6 Å². The third-order valence-corrected chi connectivity index (χ3v) is 2.53. The molecule has 0 aliphatic heterocycles. The Morgan fingerprint density at radius 2 is 2.09 bits per heavy atom. The Hall–Kier alpha value is -0.260. The second kappa shape index (κ2) is 3.94. The highest BCUT2D eigenvalue weighted by molar-refractivity contribution is 5.08. The molecule has 1 unspecified atom stereocenters. The fourth-order valence-electron chi connectivity index (χ4n) is 1.89. The van der Waals surface area contributed by atoms with Crippen LogP contribution in [0.4, 0.5) is 0 Å². The molecule has 0 saturated heterocycles. The smallest absolute Gasteiger partial charge is 0.0232 e. The van der Waals surface area contributed by atoms with Gasteiger partial charge >= 0.3 is 0 Å². The summed E-state index contributed by atoms with van der Waals surface area (Å²) in [6.07, 6.45) is 8.10. The van der Waals surface area contributed by atoms with E-state index in [1.165, 1.54) is 25.7 Å². The standard InChI is InChI=1S/C11H20/c1-9(2)8-11-7-5-4-6-10(11)3/h8-10H,4-7H2,1-3H3/b11-8-. The van der Waals surface area contributed by atoms with Crippen LogP contribution in [-0.2, 0) is 0 Å². The lowest BCUT2D eigenvalue weighted by Crippen LogP contribution is -2.06. The molecule has 0 heterocycles. The highest BCUT2D eigenvalue weighted by Crippen LogP contribution is 2.29. The highest BCUT2D eigenvalue weighted by Gasteiger charge is 2.13. The van der Waals surface area contributed by atoms with E-state index >= 15 is 0 Å². The molecule has 0 amide bonds. The fourth-order valence-corrected chi connectivity index (χ4v) is 1.89. The average molecular weight is 152 g/mol. The summed E-state index contributed by atoms with van der Waals surface area (Å²) in [4.78, 5) is 0. The maximum Gasteiger partial charge on any atom is -0.0232 e. The van der Waals surface area contributed by atoms with Gasteiger partial charge in [-0.15, -0.1) is 0 Å². The Morgan fingerprint density at radius 1 is 1.36 bits per heavy atom. The van der Waals surface area contributed by atoms with Crippen LogP contribution >= 0.6 is 0 Å². The summed E-state index contributed by atoms with van der Waals surface area (Å²) in [5, 5.41) is 0. The van der Waals surface area contributed by atoms with Crippen LogP contribution in [-0.4, -0.2) is 0 Å². The van der Waals surface area contributed by atoms with E-state index in [-0.39, 0.29) is 0 Å². The van der Waals surface area contributed by atoms with Crippen molar-refractivity contribution >= 4 is 0 Å². The zero-order valence-electron chi connectivity index (χ0n) is 8.06. The maximum absolute atomic E-state index is 2.46. The average Bonchev–Trinajstić information content (AvgIpc) is 1.93. The maximum atomic E-state index is 2.46. The second-order valence-corrected chi connectivity index (χ2v) is 4.13. The molecule has 1 fully saturated rings. The van der Waals surface area contributed by atoms with Gasteiger partial charge in [0.1, 0.15) is 0 Å². The Bertz CT molecular complexity index is 142. The van der Waals surface area contributed by atoms with Gasteiger partial charge in [0.05, 0.1) is 0 Å². The van der Waals surface area contributed by atoms with Crippen LogP contribution in [0.3, 0.4) is 0 Å². The van der Waals surface area contributed by atoms with Crippen molar-refractivity contribution in [1.29, 1.82) is 0 Å². The summed E-state index contributed by atoms with van der Waals surface area (Å²) in [5.74, 6) is 1.61. The van der Waals surface area contributed by atoms with E-state index in [0.29, 0.717) is 0 Å². The molecule has 1 aliphatic carbocycles. The molecular weight excluding hydrogens is 132 g/mol. The third kappa shape index (κ3) is 2.69. The Balaban J connectivity index is 2.53. The third-order valence-electron chi connectivity index (χ3n) is 2.53. The van der Waals surface area contributed by atoms with Gasteiger partial charge in [0.2, 0.25) is 0 Å². The minimum atomic E-state index is 0.741. The van der Waals surface area contributed by atoms with Gasteiger partial charge in [-0.3, -0.25) is 0 Å². The molecule has 0 radical (unpaired) electrons. The first kappa shape index (κ1) is 8.83. The van der Waals surface area contributed by atoms with Crippen LogP contribution < -0.4 is 0 Å². The molecule has 0 bridgehead atoms. The largest absolute Gasteiger partial charge is 0.0825 e. The van der Waals surface area contributed by atoms with Crippen molar-refractivity contribution in [2.24, 2.45) is 11.8 Å². The molecular formula is C11H20. The van der Waals surface area contributed by atoms with E-state index in [1.807, 2.05) is 0 Å². The molecule has 1 aliphatic rings. The summed E-state index contributed by atoms with van der Waals surface area (Å²) in [6, 6.07) is 0. The molecule has 0 nitrogen and oxygen atoms in total. The van der Waals surface area contributed by atoms with Crippen molar-refractivity contribution < 1.29 is 0 Å². The van der Waals surface area contributed by atoms with Gasteiger partial charge in [0.15, 0.2) is 0 Å². The quantitative estimate of drug-likeness (QED) is 0.502. The van der Waals surface area contributed by atoms with Crippen LogP contribution in [0.2, 0.25) is 0 Å². The number of hydrogen-bond acceptors (Lipinski definition) is 0. The lowest BCUT2D eigenvalue weighted by atomic mass is 9.84. The normalized spacial score (nSPS) is 29.8. The molecule has 0 heteroatoms. The zero-order valence-corrected chi connectivity index (χ0v) is 8.06. The Labute approximate surface area is 70.7 Å². The van der Waals surface area contributed by atoms with E-state index < -0.39 is 0 Å². The predicted molar refractivity (Wildman–Crippen MR) is 50.6 cm³/mol. The number of allylic oxidation sites excluding steroid dienone is 2. The van der Waals surface area contributed by atoms with Gasteiger partial charge in [-0.05, 0) is 31.1 Å². The number of hydrogen-bond donors (Lipinski definition) is 0. The minimum absolute atomic E-state index is 0.741. The first-order valence-electron chi connectivity index (χ1n) is 4.90. The first-order chi connectivity index (χ1) is 5.20. The van der Waals surface area contributed by atoms with Gasteiger partial charge in [-0.1, -0.05) is 38.8 Å². The molecule has 0 aromatic heterocycles. The van der Waals surface area contributed by atoms with Crippen molar-refractivity contribution in [3.8, 4) is 0 Å². The summed E-state index contributed by atoms with van der Waals surface area (Å²) in [7, 11) is 0. The van der Waals surface area contributed by atoms with Crippen molar-refractivity contribution in [2.45, 2.75) is 46.5 Å².